The van der Waals surface area contributed by atoms with Crippen molar-refractivity contribution in [1.29, 1.82) is 0 Å². The molecule has 1 N–H and O–H groups in total. The molecule has 0 radical (unpaired) electrons. The molecular formula is C22H20BrN3O3. The van der Waals surface area contributed by atoms with E-state index in [4.69, 9.17) is 15.9 Å². The molecule has 1 amide bonds. The van der Waals surface area contributed by atoms with Gasteiger partial charge >= 0.3 is 0 Å². The lowest BCUT2D eigenvalue weighted by Gasteiger charge is -2.12. The smallest absolute Gasteiger partial charge is 0.229 e. The molecular weight excluding hydrogens is 434 g/mol. The highest BCUT2D eigenvalue weighted by Gasteiger charge is 2.16. The first-order chi connectivity index (χ1) is 14.0. The van der Waals surface area contributed by atoms with Gasteiger partial charge in [0.05, 0.1) is 19.7 Å². The number of aryl methyl sites for hydroxylation is 1. The predicted molar refractivity (Wildman–Crippen MR) is 116 cm³/mol. The number of nitrogens with one attached hydrogen (secondary N) is 1. The lowest BCUT2D eigenvalue weighted by molar-refractivity contribution is -0.115. The van der Waals surface area contributed by atoms with Crippen LogP contribution in [0, 0.1) is 12.3 Å². The summed E-state index contributed by atoms with van der Waals surface area (Å²) in [5.74, 6) is 4.01. The first kappa shape index (κ1) is 20.5. The largest absolute Gasteiger partial charge is 0.493 e. The van der Waals surface area contributed by atoms with Crippen molar-refractivity contribution < 1.29 is 14.3 Å². The van der Waals surface area contributed by atoms with Crippen molar-refractivity contribution in [2.24, 2.45) is 7.05 Å². The Balaban J connectivity index is 1.83. The molecule has 0 aliphatic heterocycles. The summed E-state index contributed by atoms with van der Waals surface area (Å²) < 4.78 is 13.5. The lowest BCUT2D eigenvalue weighted by Crippen LogP contribution is -2.17. The Hall–Kier alpha value is -3.24. The van der Waals surface area contributed by atoms with Crippen LogP contribution < -0.4 is 14.8 Å². The van der Waals surface area contributed by atoms with Crippen LogP contribution in [0.25, 0.3) is 11.1 Å². The van der Waals surface area contributed by atoms with E-state index >= 15 is 0 Å². The van der Waals surface area contributed by atoms with E-state index in [0.717, 1.165) is 21.2 Å². The third-order valence-corrected chi connectivity index (χ3v) is 4.79. The van der Waals surface area contributed by atoms with Gasteiger partial charge in [-0.1, -0.05) is 40.0 Å². The van der Waals surface area contributed by atoms with E-state index in [0.29, 0.717) is 17.3 Å². The topological polar surface area (TPSA) is 65.4 Å². The third-order valence-electron chi connectivity index (χ3n) is 4.26. The second-order valence-electron chi connectivity index (χ2n) is 6.24. The maximum atomic E-state index is 12.6. The molecule has 2 aromatic carbocycles. The van der Waals surface area contributed by atoms with Crippen LogP contribution in [0.4, 0.5) is 5.82 Å². The first-order valence-electron chi connectivity index (χ1n) is 8.82. The molecule has 0 spiro atoms. The molecule has 7 heteroatoms. The fourth-order valence-corrected chi connectivity index (χ4v) is 3.10. The molecule has 0 saturated heterocycles. The standard InChI is InChI=1S/C22H20BrN3O3/c1-4-11-29-19-10-7-16(13-20(19)28-3)18-14-24-26(2)22(18)25-21(27)12-15-5-8-17(23)9-6-15/h1,5-10,13-14H,11-12H2,2-3H3,(H,25,27). The number of nitrogens with zero attached hydrogens (tertiary/aromatic N) is 2. The zero-order chi connectivity index (χ0) is 20.8. The molecule has 1 heterocycles. The molecule has 148 valence electrons. The van der Waals surface area contributed by atoms with Crippen LogP contribution in [0.2, 0.25) is 0 Å². The first-order valence-corrected chi connectivity index (χ1v) is 9.62. The summed E-state index contributed by atoms with van der Waals surface area (Å²) in [6, 6.07) is 13.1. The predicted octanol–water partition coefficient (Wildman–Crippen LogP) is 4.05. The van der Waals surface area contributed by atoms with Crippen LogP contribution in [0.15, 0.2) is 53.1 Å². The number of amides is 1. The lowest BCUT2D eigenvalue weighted by atomic mass is 10.1. The number of terminal acetylenes is 1. The zero-order valence-corrected chi connectivity index (χ0v) is 17.7. The van der Waals surface area contributed by atoms with Crippen LogP contribution in [0.5, 0.6) is 11.5 Å². The highest BCUT2D eigenvalue weighted by molar-refractivity contribution is 9.10. The highest BCUT2D eigenvalue weighted by atomic mass is 79.9. The van der Waals surface area contributed by atoms with Gasteiger partial charge in [0.25, 0.3) is 0 Å². The molecule has 0 atom stereocenters. The summed E-state index contributed by atoms with van der Waals surface area (Å²) >= 11 is 3.39. The van der Waals surface area contributed by atoms with Crippen molar-refractivity contribution in [3.8, 4) is 35.0 Å². The normalized spacial score (nSPS) is 10.3. The van der Waals surface area contributed by atoms with Crippen molar-refractivity contribution in [3.63, 3.8) is 0 Å². The van der Waals surface area contributed by atoms with Crippen molar-refractivity contribution in [3.05, 3.63) is 58.7 Å². The average Bonchev–Trinajstić information content (AvgIpc) is 3.08. The number of ether oxygens (including phenoxy) is 2. The number of aromatic nitrogens is 2. The van der Waals surface area contributed by atoms with Gasteiger partial charge in [-0.15, -0.1) is 6.42 Å². The highest BCUT2D eigenvalue weighted by Crippen LogP contribution is 2.35. The summed E-state index contributed by atoms with van der Waals surface area (Å²) in [4.78, 5) is 12.6. The molecule has 0 fully saturated rings. The number of methoxy groups -OCH3 is 1. The minimum Gasteiger partial charge on any atom is -0.493 e. The summed E-state index contributed by atoms with van der Waals surface area (Å²) in [6.07, 6.45) is 7.22. The Kier molecular flexibility index (Phi) is 6.57. The molecule has 0 saturated carbocycles. The maximum Gasteiger partial charge on any atom is 0.229 e. The Labute approximate surface area is 178 Å². The fourth-order valence-electron chi connectivity index (χ4n) is 2.83. The number of benzene rings is 2. The fraction of sp³-hybridized carbons (Fsp3) is 0.182. The third kappa shape index (κ3) is 4.98. The van der Waals surface area contributed by atoms with Crippen molar-refractivity contribution in [1.82, 2.24) is 9.78 Å². The van der Waals surface area contributed by atoms with Crippen LogP contribution in [0.3, 0.4) is 0 Å². The average molecular weight is 454 g/mol. The number of carbonyl (C=O) groups excluding carboxylic acids is 1. The van der Waals surface area contributed by atoms with Gasteiger partial charge in [0.15, 0.2) is 11.5 Å². The number of hydrogen-bond acceptors (Lipinski definition) is 4. The number of rotatable bonds is 7. The summed E-state index contributed by atoms with van der Waals surface area (Å²) in [6.45, 7) is 0.153. The van der Waals surface area contributed by atoms with Crippen LogP contribution in [0.1, 0.15) is 5.56 Å². The molecule has 0 unspecified atom stereocenters. The van der Waals surface area contributed by atoms with Gasteiger partial charge in [0.2, 0.25) is 5.91 Å². The second-order valence-corrected chi connectivity index (χ2v) is 7.16. The Morgan fingerprint density at radius 1 is 1.24 bits per heavy atom. The zero-order valence-electron chi connectivity index (χ0n) is 16.1. The van der Waals surface area contributed by atoms with Gasteiger partial charge in [-0.3, -0.25) is 9.48 Å². The van der Waals surface area contributed by atoms with Crippen molar-refractivity contribution >= 4 is 27.7 Å². The van der Waals surface area contributed by atoms with Crippen molar-refractivity contribution in [2.75, 3.05) is 19.0 Å². The van der Waals surface area contributed by atoms with Crippen LogP contribution >= 0.6 is 15.9 Å². The van der Waals surface area contributed by atoms with E-state index in [1.54, 1.807) is 31.1 Å². The second kappa shape index (κ2) is 9.30. The minimum atomic E-state index is -0.127. The molecule has 3 rings (SSSR count). The van der Waals surface area contributed by atoms with E-state index in [2.05, 4.69) is 32.3 Å². The van der Waals surface area contributed by atoms with Crippen LogP contribution in [-0.2, 0) is 18.3 Å². The van der Waals surface area contributed by atoms with Gasteiger partial charge in [0, 0.05) is 17.1 Å². The Morgan fingerprint density at radius 3 is 2.69 bits per heavy atom. The molecule has 6 nitrogen and oxygen atoms in total. The minimum absolute atomic E-state index is 0.127. The molecule has 0 aliphatic carbocycles. The van der Waals surface area contributed by atoms with E-state index in [1.807, 2.05) is 36.4 Å². The van der Waals surface area contributed by atoms with Gasteiger partial charge in [0.1, 0.15) is 12.4 Å². The molecule has 29 heavy (non-hydrogen) atoms. The SMILES string of the molecule is C#CCOc1ccc(-c2cnn(C)c2NC(=O)Cc2ccc(Br)cc2)cc1OC. The molecule has 1 aromatic heterocycles. The Bertz CT molecular complexity index is 1050. The van der Waals surface area contributed by atoms with Gasteiger partial charge in [-0.2, -0.15) is 5.10 Å². The molecule has 0 aliphatic rings. The summed E-state index contributed by atoms with van der Waals surface area (Å²) in [5, 5.41) is 7.25. The summed E-state index contributed by atoms with van der Waals surface area (Å²) in [5.41, 5.74) is 2.53. The monoisotopic (exact) mass is 453 g/mol. The van der Waals surface area contributed by atoms with Gasteiger partial charge in [-0.05, 0) is 35.4 Å². The van der Waals surface area contributed by atoms with Crippen molar-refractivity contribution in [2.45, 2.75) is 6.42 Å². The van der Waals surface area contributed by atoms with Gasteiger partial charge in [-0.25, -0.2) is 0 Å². The molecule has 3 aromatic rings. The number of anilines is 1. The van der Waals surface area contributed by atoms with E-state index < -0.39 is 0 Å². The number of halogens is 1. The summed E-state index contributed by atoms with van der Waals surface area (Å²) in [7, 11) is 3.34. The number of hydrogen-bond donors (Lipinski definition) is 1. The van der Waals surface area contributed by atoms with E-state index in [-0.39, 0.29) is 18.9 Å². The Morgan fingerprint density at radius 2 is 2.00 bits per heavy atom. The van der Waals surface area contributed by atoms with Crippen LogP contribution in [-0.4, -0.2) is 29.4 Å². The van der Waals surface area contributed by atoms with E-state index in [1.165, 1.54) is 0 Å². The quantitative estimate of drug-likeness (QED) is 0.548. The number of carbonyl (C=O) groups is 1. The molecule has 0 bridgehead atoms. The van der Waals surface area contributed by atoms with Gasteiger partial charge < -0.3 is 14.8 Å². The van der Waals surface area contributed by atoms with E-state index in [9.17, 15) is 4.79 Å². The maximum absolute atomic E-state index is 12.6.